The van der Waals surface area contributed by atoms with Gasteiger partial charge in [-0.3, -0.25) is 4.79 Å². The number of carbonyl (C=O) groups is 1. The minimum Gasteiger partial charge on any atom is -0.466 e. The lowest BCUT2D eigenvalue weighted by atomic mass is 9.95. The predicted molar refractivity (Wildman–Crippen MR) is 86.1 cm³/mol. The van der Waals surface area contributed by atoms with Gasteiger partial charge in [-0.05, 0) is 45.7 Å². The van der Waals surface area contributed by atoms with Gasteiger partial charge in [-0.2, -0.15) is 0 Å². The van der Waals surface area contributed by atoms with E-state index in [1.165, 1.54) is 0 Å². The molecule has 1 aliphatic heterocycles. The van der Waals surface area contributed by atoms with E-state index in [0.717, 1.165) is 43.3 Å². The molecule has 1 saturated heterocycles. The Kier molecular flexibility index (Phi) is 4.50. The monoisotopic (exact) mass is 316 g/mol. The summed E-state index contributed by atoms with van der Waals surface area (Å²) < 4.78 is 7.63. The molecule has 3 rings (SSSR count). The molecule has 2 aromatic rings. The zero-order valence-electron chi connectivity index (χ0n) is 14.0. The number of hydrogen-bond donors (Lipinski definition) is 0. The van der Waals surface area contributed by atoms with E-state index in [9.17, 15) is 4.79 Å². The van der Waals surface area contributed by atoms with Gasteiger partial charge in [-0.25, -0.2) is 0 Å². The highest BCUT2D eigenvalue weighted by Gasteiger charge is 2.27. The van der Waals surface area contributed by atoms with Crippen molar-refractivity contribution >= 4 is 5.91 Å². The number of aryl methyl sites for hydroxylation is 1. The van der Waals surface area contributed by atoms with Crippen LogP contribution in [0.25, 0.3) is 0 Å². The smallest absolute Gasteiger partial charge is 0.230 e. The molecule has 0 bridgehead atoms. The zero-order valence-corrected chi connectivity index (χ0v) is 14.0. The molecule has 23 heavy (non-hydrogen) atoms. The average Bonchev–Trinajstić information content (AvgIpc) is 3.16. The van der Waals surface area contributed by atoms with Crippen molar-refractivity contribution in [2.75, 3.05) is 13.1 Å². The van der Waals surface area contributed by atoms with Gasteiger partial charge in [0.05, 0.1) is 6.42 Å². The van der Waals surface area contributed by atoms with E-state index in [0.29, 0.717) is 18.4 Å². The molecule has 0 saturated carbocycles. The Bertz CT molecular complexity index is 666. The van der Waals surface area contributed by atoms with Crippen molar-refractivity contribution in [2.45, 2.75) is 52.0 Å². The molecule has 0 aromatic carbocycles. The van der Waals surface area contributed by atoms with Crippen LogP contribution >= 0.6 is 0 Å². The van der Waals surface area contributed by atoms with E-state index in [4.69, 9.17) is 4.42 Å². The number of amides is 1. The van der Waals surface area contributed by atoms with Gasteiger partial charge in [0.1, 0.15) is 23.7 Å². The Balaban J connectivity index is 1.57. The fourth-order valence-electron chi connectivity index (χ4n) is 3.17. The summed E-state index contributed by atoms with van der Waals surface area (Å²) in [5.41, 5.74) is 0. The summed E-state index contributed by atoms with van der Waals surface area (Å²) in [6.07, 6.45) is 4.03. The van der Waals surface area contributed by atoms with Crippen LogP contribution in [0.2, 0.25) is 0 Å². The lowest BCUT2D eigenvalue weighted by Gasteiger charge is -2.32. The first kappa shape index (κ1) is 15.8. The second-order valence-corrected chi connectivity index (χ2v) is 6.53. The van der Waals surface area contributed by atoms with Crippen molar-refractivity contribution < 1.29 is 9.21 Å². The molecule has 2 aromatic heterocycles. The van der Waals surface area contributed by atoms with Crippen molar-refractivity contribution in [3.8, 4) is 0 Å². The van der Waals surface area contributed by atoms with Crippen molar-refractivity contribution in [3.05, 3.63) is 35.8 Å². The first-order chi connectivity index (χ1) is 11.0. The lowest BCUT2D eigenvalue weighted by Crippen LogP contribution is -2.39. The first-order valence-corrected chi connectivity index (χ1v) is 8.27. The highest BCUT2D eigenvalue weighted by molar-refractivity contribution is 5.78. The third kappa shape index (κ3) is 3.46. The average molecular weight is 316 g/mol. The molecule has 1 amide bonds. The normalized spacial score (nSPS) is 16.3. The summed E-state index contributed by atoms with van der Waals surface area (Å²) in [6.45, 7) is 7.71. The molecule has 0 N–H and O–H groups in total. The van der Waals surface area contributed by atoms with Crippen LogP contribution in [0.3, 0.4) is 0 Å². The van der Waals surface area contributed by atoms with Crippen LogP contribution in [0.5, 0.6) is 0 Å². The molecular formula is C17H24N4O2. The maximum atomic E-state index is 12.4. The summed E-state index contributed by atoms with van der Waals surface area (Å²) in [5.74, 6) is 3.17. The van der Waals surface area contributed by atoms with Crippen LogP contribution in [0, 0.1) is 6.92 Å². The van der Waals surface area contributed by atoms with E-state index in [1.54, 1.807) is 6.33 Å². The van der Waals surface area contributed by atoms with E-state index < -0.39 is 0 Å². The summed E-state index contributed by atoms with van der Waals surface area (Å²) in [5, 5.41) is 8.35. The largest absolute Gasteiger partial charge is 0.466 e. The Morgan fingerprint density at radius 2 is 2.09 bits per heavy atom. The highest BCUT2D eigenvalue weighted by atomic mass is 16.3. The van der Waals surface area contributed by atoms with Crippen LogP contribution in [0.15, 0.2) is 22.9 Å². The van der Waals surface area contributed by atoms with Gasteiger partial charge in [-0.15, -0.1) is 10.2 Å². The fourth-order valence-corrected chi connectivity index (χ4v) is 3.17. The summed E-state index contributed by atoms with van der Waals surface area (Å²) >= 11 is 0. The van der Waals surface area contributed by atoms with E-state index in [1.807, 2.05) is 24.0 Å². The van der Waals surface area contributed by atoms with Gasteiger partial charge in [0.25, 0.3) is 0 Å². The van der Waals surface area contributed by atoms with Crippen LogP contribution < -0.4 is 0 Å². The van der Waals surface area contributed by atoms with E-state index in [-0.39, 0.29) is 5.91 Å². The van der Waals surface area contributed by atoms with Gasteiger partial charge in [-0.1, -0.05) is 0 Å². The number of nitrogens with zero attached hydrogens (tertiary/aromatic N) is 4. The number of hydrogen-bond acceptors (Lipinski definition) is 4. The van der Waals surface area contributed by atoms with Crippen LogP contribution in [0.4, 0.5) is 0 Å². The molecule has 0 unspecified atom stereocenters. The van der Waals surface area contributed by atoms with E-state index in [2.05, 4.69) is 28.6 Å². The molecule has 124 valence electrons. The Morgan fingerprint density at radius 1 is 1.35 bits per heavy atom. The van der Waals surface area contributed by atoms with Crippen LogP contribution in [0.1, 0.15) is 56.0 Å². The number of aromatic nitrogens is 3. The van der Waals surface area contributed by atoms with Gasteiger partial charge >= 0.3 is 0 Å². The zero-order chi connectivity index (χ0) is 16.4. The third-order valence-corrected chi connectivity index (χ3v) is 4.49. The molecule has 1 aliphatic rings. The first-order valence-electron chi connectivity index (χ1n) is 8.27. The van der Waals surface area contributed by atoms with Crippen LogP contribution in [-0.4, -0.2) is 38.7 Å². The Hall–Kier alpha value is -2.11. The third-order valence-electron chi connectivity index (χ3n) is 4.49. The molecule has 0 spiro atoms. The molecule has 0 radical (unpaired) electrons. The van der Waals surface area contributed by atoms with Crippen molar-refractivity contribution in [1.29, 1.82) is 0 Å². The second kappa shape index (κ2) is 6.56. The molecule has 6 heteroatoms. The maximum absolute atomic E-state index is 12.4. The van der Waals surface area contributed by atoms with Gasteiger partial charge in [0, 0.05) is 25.0 Å². The van der Waals surface area contributed by atoms with Crippen molar-refractivity contribution in [3.63, 3.8) is 0 Å². The minimum absolute atomic E-state index is 0.142. The molecule has 0 aliphatic carbocycles. The number of rotatable bonds is 4. The molecule has 3 heterocycles. The van der Waals surface area contributed by atoms with Crippen LogP contribution in [-0.2, 0) is 11.2 Å². The standard InChI is InChI=1S/C17H24N4O2/c1-12(2)21-11-18-19-17(21)14-6-8-20(9-7-14)16(22)10-15-5-4-13(3)23-15/h4-5,11-12,14H,6-10H2,1-3H3. The fraction of sp³-hybridized carbons (Fsp3) is 0.588. The lowest BCUT2D eigenvalue weighted by molar-refractivity contribution is -0.131. The summed E-state index contributed by atoms with van der Waals surface area (Å²) in [7, 11) is 0. The SMILES string of the molecule is Cc1ccc(CC(=O)N2CCC(c3nncn3C(C)C)CC2)o1. The number of carbonyl (C=O) groups excluding carboxylic acids is 1. The predicted octanol–water partition coefficient (Wildman–Crippen LogP) is 2.71. The van der Waals surface area contributed by atoms with Gasteiger partial charge < -0.3 is 13.9 Å². The second-order valence-electron chi connectivity index (χ2n) is 6.53. The molecule has 1 fully saturated rings. The number of piperidine rings is 1. The van der Waals surface area contributed by atoms with Crippen molar-refractivity contribution in [2.24, 2.45) is 0 Å². The molecular weight excluding hydrogens is 292 g/mol. The summed E-state index contributed by atoms with van der Waals surface area (Å²) in [6, 6.07) is 4.14. The summed E-state index contributed by atoms with van der Waals surface area (Å²) in [4.78, 5) is 14.3. The maximum Gasteiger partial charge on any atom is 0.230 e. The molecule has 0 atom stereocenters. The van der Waals surface area contributed by atoms with E-state index >= 15 is 0 Å². The minimum atomic E-state index is 0.142. The van der Waals surface area contributed by atoms with Crippen molar-refractivity contribution in [1.82, 2.24) is 19.7 Å². The number of likely N-dealkylation sites (tertiary alicyclic amines) is 1. The molecule has 6 nitrogen and oxygen atoms in total. The van der Waals surface area contributed by atoms with Gasteiger partial charge in [0.15, 0.2) is 0 Å². The topological polar surface area (TPSA) is 64.2 Å². The highest BCUT2D eigenvalue weighted by Crippen LogP contribution is 2.28. The Morgan fingerprint density at radius 3 is 2.70 bits per heavy atom. The van der Waals surface area contributed by atoms with Gasteiger partial charge in [0.2, 0.25) is 5.91 Å². The quantitative estimate of drug-likeness (QED) is 0.870. The Labute approximate surface area is 136 Å². The number of furan rings is 1.